The van der Waals surface area contributed by atoms with Crippen LogP contribution >= 0.6 is 0 Å². The second-order valence-corrected chi connectivity index (χ2v) is 3.93. The zero-order chi connectivity index (χ0) is 13.0. The molecule has 96 valence electrons. The molecule has 1 aliphatic rings. The number of hydrogen-bond donors (Lipinski definition) is 3. The molecule has 0 bridgehead atoms. The molecule has 1 amide bonds. The van der Waals surface area contributed by atoms with Gasteiger partial charge in [-0.3, -0.25) is 9.59 Å². The highest BCUT2D eigenvalue weighted by atomic mass is 16.5. The number of carboxylic acids is 1. The summed E-state index contributed by atoms with van der Waals surface area (Å²) >= 11 is 0. The highest BCUT2D eigenvalue weighted by Gasteiger charge is 2.13. The number of benzene rings is 1. The summed E-state index contributed by atoms with van der Waals surface area (Å²) in [6.45, 7) is 0.702. The Bertz CT molecular complexity index is 473. The number of carbonyl (C=O) groups is 2. The topological polar surface area (TPSA) is 87.7 Å². The van der Waals surface area contributed by atoms with Gasteiger partial charge in [0.1, 0.15) is 5.75 Å². The SMILES string of the molecule is O=C(O)CCNc1ccc2c(c1)NC(=O)CCO2. The zero-order valence-corrected chi connectivity index (χ0v) is 9.73. The maximum absolute atomic E-state index is 11.4. The van der Waals surface area contributed by atoms with Crippen molar-refractivity contribution in [2.75, 3.05) is 23.8 Å². The lowest BCUT2D eigenvalue weighted by Crippen LogP contribution is -2.11. The highest BCUT2D eigenvalue weighted by Crippen LogP contribution is 2.29. The summed E-state index contributed by atoms with van der Waals surface area (Å²) in [7, 11) is 0. The first-order chi connectivity index (χ1) is 8.65. The lowest BCUT2D eigenvalue weighted by molar-refractivity contribution is -0.136. The molecule has 1 heterocycles. The summed E-state index contributed by atoms with van der Waals surface area (Å²) < 4.78 is 5.41. The molecule has 0 aromatic heterocycles. The van der Waals surface area contributed by atoms with Gasteiger partial charge in [-0.05, 0) is 18.2 Å². The van der Waals surface area contributed by atoms with Crippen molar-refractivity contribution in [3.05, 3.63) is 18.2 Å². The van der Waals surface area contributed by atoms with E-state index in [0.717, 1.165) is 5.69 Å². The largest absolute Gasteiger partial charge is 0.491 e. The fourth-order valence-corrected chi connectivity index (χ4v) is 1.64. The molecule has 0 aliphatic carbocycles. The van der Waals surface area contributed by atoms with Crippen molar-refractivity contribution in [3.8, 4) is 5.75 Å². The summed E-state index contributed by atoms with van der Waals surface area (Å²) in [4.78, 5) is 21.8. The van der Waals surface area contributed by atoms with E-state index in [1.807, 2.05) is 0 Å². The minimum absolute atomic E-state index is 0.0416. The third kappa shape index (κ3) is 3.13. The summed E-state index contributed by atoms with van der Waals surface area (Å²) in [5.41, 5.74) is 1.36. The smallest absolute Gasteiger partial charge is 0.305 e. The maximum Gasteiger partial charge on any atom is 0.305 e. The predicted molar refractivity (Wildman–Crippen MR) is 65.9 cm³/mol. The van der Waals surface area contributed by atoms with Crippen molar-refractivity contribution < 1.29 is 19.4 Å². The van der Waals surface area contributed by atoms with Crippen LogP contribution in [-0.2, 0) is 9.59 Å². The Morgan fingerprint density at radius 3 is 3.11 bits per heavy atom. The van der Waals surface area contributed by atoms with Crippen molar-refractivity contribution in [3.63, 3.8) is 0 Å². The molecule has 1 aromatic rings. The fraction of sp³-hybridized carbons (Fsp3) is 0.333. The van der Waals surface area contributed by atoms with Crippen molar-refractivity contribution in [2.45, 2.75) is 12.8 Å². The minimum Gasteiger partial charge on any atom is -0.491 e. The molecule has 0 atom stereocenters. The Kier molecular flexibility index (Phi) is 3.66. The molecule has 0 radical (unpaired) electrons. The van der Waals surface area contributed by atoms with Crippen LogP contribution in [-0.4, -0.2) is 30.1 Å². The Balaban J connectivity index is 2.06. The van der Waals surface area contributed by atoms with Crippen molar-refractivity contribution in [2.24, 2.45) is 0 Å². The van der Waals surface area contributed by atoms with Gasteiger partial charge in [0.25, 0.3) is 0 Å². The third-order valence-electron chi connectivity index (χ3n) is 2.51. The molecule has 0 unspecified atom stereocenters. The van der Waals surface area contributed by atoms with Gasteiger partial charge in [0.15, 0.2) is 0 Å². The molecule has 1 aromatic carbocycles. The van der Waals surface area contributed by atoms with Crippen LogP contribution in [0.5, 0.6) is 5.75 Å². The number of ether oxygens (including phenoxy) is 1. The van der Waals surface area contributed by atoms with E-state index in [1.54, 1.807) is 18.2 Å². The number of rotatable bonds is 4. The number of carbonyl (C=O) groups excluding carboxylic acids is 1. The van der Waals surface area contributed by atoms with E-state index in [4.69, 9.17) is 9.84 Å². The normalized spacial score (nSPS) is 13.9. The molecule has 1 aliphatic heterocycles. The van der Waals surface area contributed by atoms with Gasteiger partial charge in [-0.1, -0.05) is 0 Å². The lowest BCUT2D eigenvalue weighted by Gasteiger charge is -2.10. The monoisotopic (exact) mass is 250 g/mol. The second-order valence-electron chi connectivity index (χ2n) is 3.93. The summed E-state index contributed by atoms with van der Waals surface area (Å²) in [6.07, 6.45) is 0.371. The van der Waals surface area contributed by atoms with Crippen LogP contribution in [0.4, 0.5) is 11.4 Å². The first-order valence-corrected chi connectivity index (χ1v) is 5.67. The molecule has 18 heavy (non-hydrogen) atoms. The van der Waals surface area contributed by atoms with Crippen LogP contribution in [0.3, 0.4) is 0 Å². The molecule has 6 heteroatoms. The highest BCUT2D eigenvalue weighted by molar-refractivity contribution is 5.93. The van der Waals surface area contributed by atoms with Crippen molar-refractivity contribution >= 4 is 23.3 Å². The number of aliphatic carboxylic acids is 1. The molecule has 3 N–H and O–H groups in total. The fourth-order valence-electron chi connectivity index (χ4n) is 1.64. The summed E-state index contributed by atoms with van der Waals surface area (Å²) in [5, 5.41) is 14.3. The average Bonchev–Trinajstić information content (AvgIpc) is 2.48. The van der Waals surface area contributed by atoms with E-state index >= 15 is 0 Å². The number of amides is 1. The molecule has 0 spiro atoms. The number of fused-ring (bicyclic) bond motifs is 1. The van der Waals surface area contributed by atoms with E-state index in [9.17, 15) is 9.59 Å². The van der Waals surface area contributed by atoms with E-state index in [0.29, 0.717) is 31.0 Å². The Labute approximate surface area is 104 Å². The van der Waals surface area contributed by atoms with Gasteiger partial charge in [0.2, 0.25) is 5.91 Å². The third-order valence-corrected chi connectivity index (χ3v) is 2.51. The van der Waals surface area contributed by atoms with Gasteiger partial charge in [-0.2, -0.15) is 0 Å². The molecule has 6 nitrogen and oxygen atoms in total. The van der Waals surface area contributed by atoms with Gasteiger partial charge in [0.05, 0.1) is 25.1 Å². The minimum atomic E-state index is -0.853. The summed E-state index contributed by atoms with van der Waals surface area (Å²) in [5.74, 6) is -0.310. The van der Waals surface area contributed by atoms with E-state index in [1.165, 1.54) is 0 Å². The van der Waals surface area contributed by atoms with Crippen LogP contribution in [0, 0.1) is 0 Å². The van der Waals surface area contributed by atoms with Crippen molar-refractivity contribution in [1.29, 1.82) is 0 Å². The van der Waals surface area contributed by atoms with Crippen molar-refractivity contribution in [1.82, 2.24) is 0 Å². The van der Waals surface area contributed by atoms with Gasteiger partial charge < -0.3 is 20.5 Å². The van der Waals surface area contributed by atoms with E-state index in [-0.39, 0.29) is 12.3 Å². The van der Waals surface area contributed by atoms with Crippen LogP contribution in [0.15, 0.2) is 18.2 Å². The lowest BCUT2D eigenvalue weighted by atomic mass is 10.2. The second kappa shape index (κ2) is 5.39. The number of nitrogens with one attached hydrogen (secondary N) is 2. The first-order valence-electron chi connectivity index (χ1n) is 5.67. The van der Waals surface area contributed by atoms with Gasteiger partial charge >= 0.3 is 5.97 Å². The first kappa shape index (κ1) is 12.2. The van der Waals surface area contributed by atoms with Gasteiger partial charge in [0, 0.05) is 12.2 Å². The molecular weight excluding hydrogens is 236 g/mol. The van der Waals surface area contributed by atoms with Crippen LogP contribution in [0.25, 0.3) is 0 Å². The van der Waals surface area contributed by atoms with Gasteiger partial charge in [-0.15, -0.1) is 0 Å². The quantitative estimate of drug-likeness (QED) is 0.749. The van der Waals surface area contributed by atoms with Crippen LogP contribution in [0.2, 0.25) is 0 Å². The van der Waals surface area contributed by atoms with E-state index < -0.39 is 5.97 Å². The predicted octanol–water partition coefficient (Wildman–Crippen LogP) is 1.29. The molecule has 0 saturated heterocycles. The number of anilines is 2. The Morgan fingerprint density at radius 2 is 2.33 bits per heavy atom. The van der Waals surface area contributed by atoms with Crippen LogP contribution in [0.1, 0.15) is 12.8 Å². The Hall–Kier alpha value is -2.24. The average molecular weight is 250 g/mol. The Morgan fingerprint density at radius 1 is 1.50 bits per heavy atom. The molecule has 0 fully saturated rings. The van der Waals surface area contributed by atoms with E-state index in [2.05, 4.69) is 10.6 Å². The van der Waals surface area contributed by atoms with Crippen LogP contribution < -0.4 is 15.4 Å². The number of carboxylic acid groups (broad SMARTS) is 1. The van der Waals surface area contributed by atoms with Gasteiger partial charge in [-0.25, -0.2) is 0 Å². The zero-order valence-electron chi connectivity index (χ0n) is 9.73. The molecular formula is C12H14N2O4. The standard InChI is InChI=1S/C12H14N2O4/c15-11-4-6-18-10-2-1-8(7-9(10)14-11)13-5-3-12(16)17/h1-2,7,13H,3-6H2,(H,14,15)(H,16,17). The molecule has 0 saturated carbocycles. The molecule has 2 rings (SSSR count). The number of hydrogen-bond acceptors (Lipinski definition) is 4. The maximum atomic E-state index is 11.4. The summed E-state index contributed by atoms with van der Waals surface area (Å²) in [6, 6.07) is 5.28.